The van der Waals surface area contributed by atoms with Gasteiger partial charge in [0.25, 0.3) is 5.91 Å². The van der Waals surface area contributed by atoms with Crippen LogP contribution in [0.1, 0.15) is 16.1 Å². The Morgan fingerprint density at radius 3 is 2.11 bits per heavy atom. The predicted octanol–water partition coefficient (Wildman–Crippen LogP) is 8.07. The van der Waals surface area contributed by atoms with Gasteiger partial charge in [-0.2, -0.15) is 5.10 Å². The number of halogens is 2. The Labute approximate surface area is 213 Å². The molecule has 0 spiro atoms. The highest BCUT2D eigenvalue weighted by molar-refractivity contribution is 6.36. The molecule has 0 aliphatic rings. The summed E-state index contributed by atoms with van der Waals surface area (Å²) in [5, 5.41) is 8.34. The van der Waals surface area contributed by atoms with Crippen molar-refractivity contribution in [3.8, 4) is 28.1 Å². The third kappa shape index (κ3) is 4.99. The Morgan fingerprint density at radius 1 is 0.771 bits per heavy atom. The summed E-state index contributed by atoms with van der Waals surface area (Å²) >= 11 is 12.2. The number of carbonyl (C=O) groups excluding carboxylic acids is 1. The number of amides is 1. The van der Waals surface area contributed by atoms with Gasteiger partial charge in [-0.25, -0.2) is 4.68 Å². The predicted molar refractivity (Wildman–Crippen MR) is 144 cm³/mol. The van der Waals surface area contributed by atoms with Crippen LogP contribution in [0, 0.1) is 6.92 Å². The molecular formula is C29H21Cl2N3O. The van der Waals surface area contributed by atoms with Gasteiger partial charge < -0.3 is 5.32 Å². The summed E-state index contributed by atoms with van der Waals surface area (Å²) in [5.41, 5.74) is 6.77. The van der Waals surface area contributed by atoms with Crippen molar-refractivity contribution < 1.29 is 4.79 Å². The molecule has 0 atom stereocenters. The molecule has 5 aromatic rings. The number of carbonyl (C=O) groups is 1. The molecule has 0 bridgehead atoms. The molecule has 172 valence electrons. The maximum atomic E-state index is 13.1. The normalized spacial score (nSPS) is 10.8. The first kappa shape index (κ1) is 22.9. The molecule has 1 aromatic heterocycles. The standard InChI is InChI=1S/C29H21Cl2N3O/c1-19-7-14-24(15-8-19)34-28(22-11-9-21(10-12-22)20-5-3-2-4-6-20)18-27(33-34)29(35)32-26-16-13-23(30)17-25(26)31/h2-18H,1H3,(H,32,35). The van der Waals surface area contributed by atoms with Crippen molar-refractivity contribution in [2.45, 2.75) is 6.92 Å². The van der Waals surface area contributed by atoms with Crippen LogP contribution in [0.15, 0.2) is 103 Å². The Kier molecular flexibility index (Phi) is 6.41. The fourth-order valence-corrected chi connectivity index (χ4v) is 4.28. The van der Waals surface area contributed by atoms with Crippen LogP contribution < -0.4 is 5.32 Å². The molecule has 0 saturated carbocycles. The van der Waals surface area contributed by atoms with Gasteiger partial charge in [0.15, 0.2) is 5.69 Å². The molecule has 35 heavy (non-hydrogen) atoms. The van der Waals surface area contributed by atoms with Crippen molar-refractivity contribution >= 4 is 34.8 Å². The number of aryl methyl sites for hydroxylation is 1. The number of aromatic nitrogens is 2. The number of nitrogens with one attached hydrogen (secondary N) is 1. The fraction of sp³-hybridized carbons (Fsp3) is 0.0345. The van der Waals surface area contributed by atoms with Crippen LogP contribution >= 0.6 is 23.2 Å². The van der Waals surface area contributed by atoms with E-state index in [9.17, 15) is 4.79 Å². The quantitative estimate of drug-likeness (QED) is 0.266. The van der Waals surface area contributed by atoms with Crippen LogP contribution in [-0.2, 0) is 0 Å². The Bertz CT molecular complexity index is 1490. The van der Waals surface area contributed by atoms with Crippen LogP contribution in [-0.4, -0.2) is 15.7 Å². The molecular weight excluding hydrogens is 477 g/mol. The molecule has 0 aliphatic carbocycles. The van der Waals surface area contributed by atoms with E-state index in [1.165, 1.54) is 0 Å². The largest absolute Gasteiger partial charge is 0.319 e. The summed E-state index contributed by atoms with van der Waals surface area (Å²) in [6.45, 7) is 2.03. The lowest BCUT2D eigenvalue weighted by molar-refractivity contribution is 0.102. The van der Waals surface area contributed by atoms with E-state index in [1.807, 2.05) is 61.5 Å². The Balaban J connectivity index is 1.53. The fourth-order valence-electron chi connectivity index (χ4n) is 3.82. The van der Waals surface area contributed by atoms with Crippen LogP contribution in [0.5, 0.6) is 0 Å². The second kappa shape index (κ2) is 9.79. The first-order chi connectivity index (χ1) is 17.0. The molecule has 1 amide bonds. The molecule has 1 N–H and O–H groups in total. The third-order valence-corrected chi connectivity index (χ3v) is 6.24. The average Bonchev–Trinajstić information content (AvgIpc) is 3.32. The molecule has 0 unspecified atom stereocenters. The smallest absolute Gasteiger partial charge is 0.276 e. The second-order valence-electron chi connectivity index (χ2n) is 8.18. The highest BCUT2D eigenvalue weighted by atomic mass is 35.5. The van der Waals surface area contributed by atoms with Gasteiger partial charge in [0.2, 0.25) is 0 Å². The van der Waals surface area contributed by atoms with Gasteiger partial charge in [-0.3, -0.25) is 4.79 Å². The molecule has 1 heterocycles. The topological polar surface area (TPSA) is 46.9 Å². The van der Waals surface area contributed by atoms with Crippen LogP contribution in [0.4, 0.5) is 5.69 Å². The first-order valence-corrected chi connectivity index (χ1v) is 11.8. The number of nitrogens with zero attached hydrogens (tertiary/aromatic N) is 2. The number of hydrogen-bond donors (Lipinski definition) is 1. The first-order valence-electron chi connectivity index (χ1n) is 11.1. The molecule has 0 radical (unpaired) electrons. The van der Waals surface area contributed by atoms with Gasteiger partial charge >= 0.3 is 0 Å². The molecule has 0 fully saturated rings. The number of hydrogen-bond acceptors (Lipinski definition) is 2. The molecule has 0 saturated heterocycles. The summed E-state index contributed by atoms with van der Waals surface area (Å²) in [4.78, 5) is 13.1. The van der Waals surface area contributed by atoms with Crippen LogP contribution in [0.3, 0.4) is 0 Å². The Hall–Kier alpha value is -3.86. The van der Waals surface area contributed by atoms with Crippen molar-refractivity contribution in [3.63, 3.8) is 0 Å². The maximum absolute atomic E-state index is 13.1. The van der Waals surface area contributed by atoms with E-state index < -0.39 is 0 Å². The zero-order chi connectivity index (χ0) is 24.4. The summed E-state index contributed by atoms with van der Waals surface area (Å²) < 4.78 is 1.79. The zero-order valence-corrected chi connectivity index (χ0v) is 20.4. The van der Waals surface area contributed by atoms with Crippen molar-refractivity contribution in [2.24, 2.45) is 0 Å². The van der Waals surface area contributed by atoms with Gasteiger partial charge in [-0.1, -0.05) is 95.5 Å². The lowest BCUT2D eigenvalue weighted by atomic mass is 10.0. The molecule has 4 aromatic carbocycles. The van der Waals surface area contributed by atoms with Gasteiger partial charge in [-0.05, 0) is 54.4 Å². The summed E-state index contributed by atoms with van der Waals surface area (Å²) in [7, 11) is 0. The summed E-state index contributed by atoms with van der Waals surface area (Å²) in [6.07, 6.45) is 0. The van der Waals surface area contributed by atoms with Crippen molar-refractivity contribution in [3.05, 3.63) is 124 Å². The highest BCUT2D eigenvalue weighted by Gasteiger charge is 2.18. The molecule has 0 aliphatic heterocycles. The highest BCUT2D eigenvalue weighted by Crippen LogP contribution is 2.29. The number of benzene rings is 4. The number of anilines is 1. The van der Waals surface area contributed by atoms with Gasteiger partial charge in [-0.15, -0.1) is 0 Å². The van der Waals surface area contributed by atoms with E-state index in [0.29, 0.717) is 15.7 Å². The minimum absolute atomic E-state index is 0.277. The lowest BCUT2D eigenvalue weighted by Crippen LogP contribution is -2.13. The van der Waals surface area contributed by atoms with E-state index in [1.54, 1.807) is 28.9 Å². The average molecular weight is 498 g/mol. The van der Waals surface area contributed by atoms with Gasteiger partial charge in [0.1, 0.15) is 0 Å². The summed E-state index contributed by atoms with van der Waals surface area (Å²) in [5.74, 6) is -0.359. The minimum Gasteiger partial charge on any atom is -0.319 e. The van der Waals surface area contributed by atoms with Crippen LogP contribution in [0.25, 0.3) is 28.1 Å². The number of rotatable bonds is 5. The monoisotopic (exact) mass is 497 g/mol. The van der Waals surface area contributed by atoms with E-state index in [-0.39, 0.29) is 11.6 Å². The van der Waals surface area contributed by atoms with Crippen LogP contribution in [0.2, 0.25) is 10.0 Å². The van der Waals surface area contributed by atoms with E-state index in [0.717, 1.165) is 33.6 Å². The molecule has 5 rings (SSSR count). The molecule has 4 nitrogen and oxygen atoms in total. The lowest BCUT2D eigenvalue weighted by Gasteiger charge is -2.09. The maximum Gasteiger partial charge on any atom is 0.276 e. The van der Waals surface area contributed by atoms with Gasteiger partial charge in [0, 0.05) is 10.6 Å². The van der Waals surface area contributed by atoms with Crippen molar-refractivity contribution in [1.82, 2.24) is 9.78 Å². The van der Waals surface area contributed by atoms with Crippen molar-refractivity contribution in [2.75, 3.05) is 5.32 Å². The van der Waals surface area contributed by atoms with E-state index >= 15 is 0 Å². The SMILES string of the molecule is Cc1ccc(-n2nc(C(=O)Nc3ccc(Cl)cc3Cl)cc2-c2ccc(-c3ccccc3)cc2)cc1. The van der Waals surface area contributed by atoms with E-state index in [4.69, 9.17) is 23.2 Å². The zero-order valence-electron chi connectivity index (χ0n) is 18.9. The van der Waals surface area contributed by atoms with Crippen molar-refractivity contribution in [1.29, 1.82) is 0 Å². The Morgan fingerprint density at radius 2 is 1.43 bits per heavy atom. The summed E-state index contributed by atoms with van der Waals surface area (Å²) in [6, 6.07) is 33.2. The van der Waals surface area contributed by atoms with Gasteiger partial charge in [0.05, 0.1) is 22.1 Å². The molecule has 6 heteroatoms. The second-order valence-corrected chi connectivity index (χ2v) is 9.03. The third-order valence-electron chi connectivity index (χ3n) is 5.69. The minimum atomic E-state index is -0.359. The van der Waals surface area contributed by atoms with E-state index in [2.05, 4.69) is 34.7 Å².